The lowest BCUT2D eigenvalue weighted by atomic mass is 10.2. The van der Waals surface area contributed by atoms with Gasteiger partial charge in [-0.1, -0.05) is 17.7 Å². The molecule has 0 aliphatic carbocycles. The molecule has 2 N–H and O–H groups in total. The van der Waals surface area contributed by atoms with Gasteiger partial charge in [0.25, 0.3) is 0 Å². The molecule has 24 heavy (non-hydrogen) atoms. The monoisotopic (exact) mass is 349 g/mol. The van der Waals surface area contributed by atoms with E-state index in [1.165, 1.54) is 34.9 Å². The van der Waals surface area contributed by atoms with Crippen LogP contribution in [-0.4, -0.2) is 24.5 Å². The predicted octanol–water partition coefficient (Wildman–Crippen LogP) is 1.76. The summed E-state index contributed by atoms with van der Waals surface area (Å²) in [6.07, 6.45) is 0. The van der Waals surface area contributed by atoms with Crippen molar-refractivity contribution in [3.8, 4) is 0 Å². The summed E-state index contributed by atoms with van der Waals surface area (Å²) in [6.45, 7) is 2.05. The van der Waals surface area contributed by atoms with Gasteiger partial charge in [0.15, 0.2) is 0 Å². The molecule has 3 rings (SSSR count). The van der Waals surface area contributed by atoms with Crippen LogP contribution in [-0.2, 0) is 16.6 Å². The van der Waals surface area contributed by atoms with Gasteiger partial charge in [-0.25, -0.2) is 22.3 Å². The van der Waals surface area contributed by atoms with Crippen molar-refractivity contribution in [2.75, 3.05) is 6.54 Å². The third-order valence-corrected chi connectivity index (χ3v) is 5.17. The molecule has 126 valence electrons. The number of halogens is 1. The van der Waals surface area contributed by atoms with Crippen LogP contribution in [0.4, 0.5) is 4.39 Å². The second-order valence-electron chi connectivity index (χ2n) is 5.45. The van der Waals surface area contributed by atoms with Crippen molar-refractivity contribution in [3.05, 3.63) is 64.3 Å². The van der Waals surface area contributed by atoms with E-state index in [0.717, 1.165) is 5.56 Å². The Kier molecular flexibility index (Phi) is 4.25. The number of imidazole rings is 1. The highest BCUT2D eigenvalue weighted by Gasteiger charge is 2.14. The molecule has 2 aromatic carbocycles. The van der Waals surface area contributed by atoms with Crippen LogP contribution in [0.1, 0.15) is 5.56 Å². The molecule has 0 aliphatic heterocycles. The van der Waals surface area contributed by atoms with E-state index in [0.29, 0.717) is 11.0 Å². The van der Waals surface area contributed by atoms with Crippen LogP contribution in [0.2, 0.25) is 0 Å². The first-order chi connectivity index (χ1) is 11.4. The van der Waals surface area contributed by atoms with Gasteiger partial charge >= 0.3 is 5.69 Å². The fraction of sp³-hybridized carbons (Fsp3) is 0.188. The number of nitrogens with zero attached hydrogens (tertiary/aromatic N) is 1. The zero-order valence-corrected chi connectivity index (χ0v) is 13.7. The van der Waals surface area contributed by atoms with Crippen molar-refractivity contribution in [3.63, 3.8) is 0 Å². The average molecular weight is 349 g/mol. The van der Waals surface area contributed by atoms with Crippen molar-refractivity contribution in [2.24, 2.45) is 0 Å². The summed E-state index contributed by atoms with van der Waals surface area (Å²) >= 11 is 0. The molecule has 0 amide bonds. The molecule has 0 spiro atoms. The van der Waals surface area contributed by atoms with Crippen LogP contribution in [0.25, 0.3) is 11.0 Å². The Bertz CT molecular complexity index is 1040. The highest BCUT2D eigenvalue weighted by Crippen LogP contribution is 2.12. The summed E-state index contributed by atoms with van der Waals surface area (Å²) in [5.41, 5.74) is 1.45. The first-order valence-electron chi connectivity index (χ1n) is 7.31. The number of hydrogen-bond acceptors (Lipinski definition) is 3. The van der Waals surface area contributed by atoms with E-state index in [4.69, 9.17) is 0 Å². The van der Waals surface area contributed by atoms with E-state index in [9.17, 15) is 17.6 Å². The molecule has 0 radical (unpaired) electrons. The Morgan fingerprint density at radius 3 is 2.58 bits per heavy atom. The number of hydrogen-bond donors (Lipinski definition) is 2. The minimum Gasteiger partial charge on any atom is -0.305 e. The van der Waals surface area contributed by atoms with Gasteiger partial charge in [0.2, 0.25) is 10.0 Å². The molecule has 0 bridgehead atoms. The Labute approximate surface area is 138 Å². The Morgan fingerprint density at radius 2 is 1.88 bits per heavy atom. The van der Waals surface area contributed by atoms with Crippen LogP contribution in [0.5, 0.6) is 0 Å². The topological polar surface area (TPSA) is 84.0 Å². The number of benzene rings is 2. The lowest BCUT2D eigenvalue weighted by Gasteiger charge is -2.08. The van der Waals surface area contributed by atoms with Gasteiger partial charge in [-0.05, 0) is 37.3 Å². The third kappa shape index (κ3) is 3.24. The van der Waals surface area contributed by atoms with Gasteiger partial charge in [0.05, 0.1) is 15.9 Å². The van der Waals surface area contributed by atoms with Crippen LogP contribution < -0.4 is 10.4 Å². The summed E-state index contributed by atoms with van der Waals surface area (Å²) in [5, 5.41) is 0. The smallest absolute Gasteiger partial charge is 0.305 e. The Hall–Kier alpha value is -2.45. The minimum atomic E-state index is -3.64. The van der Waals surface area contributed by atoms with Crippen molar-refractivity contribution in [2.45, 2.75) is 18.4 Å². The molecule has 1 aromatic heterocycles. The number of aromatic amines is 1. The summed E-state index contributed by atoms with van der Waals surface area (Å²) in [7, 11) is -3.64. The highest BCUT2D eigenvalue weighted by molar-refractivity contribution is 7.89. The third-order valence-electron chi connectivity index (χ3n) is 3.69. The van der Waals surface area contributed by atoms with E-state index < -0.39 is 21.5 Å². The molecule has 8 heteroatoms. The lowest BCUT2D eigenvalue weighted by Crippen LogP contribution is -2.30. The van der Waals surface area contributed by atoms with E-state index in [1.54, 1.807) is 12.1 Å². The fourth-order valence-corrected chi connectivity index (χ4v) is 3.47. The van der Waals surface area contributed by atoms with Gasteiger partial charge in [-0.15, -0.1) is 0 Å². The number of rotatable bonds is 5. The van der Waals surface area contributed by atoms with Crippen LogP contribution >= 0.6 is 0 Å². The van der Waals surface area contributed by atoms with Crippen molar-refractivity contribution >= 4 is 21.1 Å². The van der Waals surface area contributed by atoms with Crippen molar-refractivity contribution < 1.29 is 12.8 Å². The fourth-order valence-electron chi connectivity index (χ4n) is 2.45. The van der Waals surface area contributed by atoms with E-state index in [-0.39, 0.29) is 18.0 Å². The molecule has 3 aromatic rings. The molecular weight excluding hydrogens is 333 g/mol. The normalized spacial score (nSPS) is 11.9. The first kappa shape index (κ1) is 16.4. The summed E-state index contributed by atoms with van der Waals surface area (Å²) in [5.74, 6) is -0.448. The molecule has 6 nitrogen and oxygen atoms in total. The standard InChI is InChI=1S/C16H16FN3O3S/c1-11-2-5-13(6-3-11)24(22,23)18-8-9-20-15-7-4-12(17)10-14(15)19-16(20)21/h2-7,10,18H,8-9H2,1H3,(H,19,21). The molecule has 0 unspecified atom stereocenters. The first-order valence-corrected chi connectivity index (χ1v) is 8.79. The molecule has 0 fully saturated rings. The van der Waals surface area contributed by atoms with Gasteiger partial charge in [-0.2, -0.15) is 0 Å². The van der Waals surface area contributed by atoms with Gasteiger partial charge in [0.1, 0.15) is 5.82 Å². The maximum atomic E-state index is 13.2. The van der Waals surface area contributed by atoms with Crippen molar-refractivity contribution in [1.29, 1.82) is 0 Å². The highest BCUT2D eigenvalue weighted by atomic mass is 32.2. The molecular formula is C16H16FN3O3S. The Balaban J connectivity index is 1.76. The average Bonchev–Trinajstić information content (AvgIpc) is 2.82. The number of sulfonamides is 1. The largest absolute Gasteiger partial charge is 0.326 e. The van der Waals surface area contributed by atoms with Crippen molar-refractivity contribution in [1.82, 2.24) is 14.3 Å². The van der Waals surface area contributed by atoms with Gasteiger partial charge in [-0.3, -0.25) is 4.57 Å². The minimum absolute atomic E-state index is 0.0421. The predicted molar refractivity (Wildman–Crippen MR) is 88.9 cm³/mol. The van der Waals surface area contributed by atoms with Gasteiger partial charge in [0, 0.05) is 13.1 Å². The van der Waals surface area contributed by atoms with E-state index >= 15 is 0 Å². The lowest BCUT2D eigenvalue weighted by molar-refractivity contribution is 0.572. The SMILES string of the molecule is Cc1ccc(S(=O)(=O)NCCn2c(=O)[nH]c3cc(F)ccc32)cc1. The molecule has 0 saturated carbocycles. The zero-order chi connectivity index (χ0) is 17.3. The number of H-pyrrole nitrogens is 1. The van der Waals surface area contributed by atoms with E-state index in [1.807, 2.05) is 6.92 Å². The van der Waals surface area contributed by atoms with Gasteiger partial charge < -0.3 is 4.98 Å². The molecule has 1 heterocycles. The second kappa shape index (κ2) is 6.21. The Morgan fingerprint density at radius 1 is 1.17 bits per heavy atom. The summed E-state index contributed by atoms with van der Waals surface area (Å²) < 4.78 is 41.4. The maximum absolute atomic E-state index is 13.2. The second-order valence-corrected chi connectivity index (χ2v) is 7.22. The summed E-state index contributed by atoms with van der Waals surface area (Å²) in [4.78, 5) is 14.6. The number of nitrogens with one attached hydrogen (secondary N) is 2. The van der Waals surface area contributed by atoms with Crippen LogP contribution in [0.3, 0.4) is 0 Å². The maximum Gasteiger partial charge on any atom is 0.326 e. The van der Waals surface area contributed by atoms with Crippen LogP contribution in [0.15, 0.2) is 52.2 Å². The number of aryl methyl sites for hydroxylation is 1. The van der Waals surface area contributed by atoms with E-state index in [2.05, 4.69) is 9.71 Å². The number of fused-ring (bicyclic) bond motifs is 1. The summed E-state index contributed by atoms with van der Waals surface area (Å²) in [6, 6.07) is 10.4. The molecule has 0 atom stereocenters. The van der Waals surface area contributed by atoms with Crippen LogP contribution in [0, 0.1) is 12.7 Å². The number of aromatic nitrogens is 2. The zero-order valence-electron chi connectivity index (χ0n) is 12.9. The molecule has 0 aliphatic rings. The quantitative estimate of drug-likeness (QED) is 0.736. The molecule has 0 saturated heterocycles.